The Bertz CT molecular complexity index is 1160. The molecule has 4 N–H and O–H groups in total. The van der Waals surface area contributed by atoms with Crippen molar-refractivity contribution in [3.8, 4) is 11.5 Å². The van der Waals surface area contributed by atoms with Gasteiger partial charge in [0.25, 0.3) is 0 Å². The number of carbonyl (C=O) groups excluding carboxylic acids is 1. The third-order valence-corrected chi connectivity index (χ3v) is 9.25. The van der Waals surface area contributed by atoms with Gasteiger partial charge < -0.3 is 20.9 Å². The highest BCUT2D eigenvalue weighted by Crippen LogP contribution is 2.50. The van der Waals surface area contributed by atoms with Gasteiger partial charge in [-0.05, 0) is 93.2 Å². The van der Waals surface area contributed by atoms with Crippen LogP contribution in [0.4, 0.5) is 11.4 Å². The fourth-order valence-electron chi connectivity index (χ4n) is 5.36. The summed E-state index contributed by atoms with van der Waals surface area (Å²) >= 11 is 0. The Labute approximate surface area is 224 Å². The number of benzene rings is 2. The van der Waals surface area contributed by atoms with E-state index in [1.54, 1.807) is 18.2 Å². The number of ether oxygens (including phenoxy) is 2. The Morgan fingerprint density at radius 1 is 1.03 bits per heavy atom. The first-order valence-electron chi connectivity index (χ1n) is 13.7. The molecule has 2 aromatic rings. The number of anilines is 2. The maximum atomic E-state index is 13.0. The molecule has 2 unspecified atom stereocenters. The van der Waals surface area contributed by atoms with Crippen LogP contribution in [0.5, 0.6) is 11.5 Å². The van der Waals surface area contributed by atoms with Crippen LogP contribution in [0.25, 0.3) is 0 Å². The number of nitrogens with two attached hydrogens (primary N) is 2. The zero-order valence-electron chi connectivity index (χ0n) is 24.7. The molecule has 0 aromatic heterocycles. The van der Waals surface area contributed by atoms with Crippen molar-refractivity contribution in [1.82, 2.24) is 0 Å². The molecule has 204 valence electrons. The fourth-order valence-corrected chi connectivity index (χ4v) is 5.36. The van der Waals surface area contributed by atoms with Crippen molar-refractivity contribution < 1.29 is 14.3 Å². The number of hydrogen-bond donors (Lipinski definition) is 2. The predicted octanol–water partition coefficient (Wildman–Crippen LogP) is 7.96. The molecule has 0 amide bonds. The van der Waals surface area contributed by atoms with Gasteiger partial charge in [-0.15, -0.1) is 0 Å². The number of esters is 1. The standard InChI is InChI=1S/C32H48N2O3/c1-19(30(5,6)7)12-11-14-31(8,9)32(10)15-13-26-22(4)27(20(2)21(3)28(26)37-32)36-29(35)23-16-24(33)18-25(34)17-23/h16-19H,11-15,33-34H2,1-10H3. The Balaban J connectivity index is 1.84. The van der Waals surface area contributed by atoms with Gasteiger partial charge in [-0.25, -0.2) is 4.79 Å². The monoisotopic (exact) mass is 508 g/mol. The molecule has 1 heterocycles. The molecule has 0 spiro atoms. The molecular weight excluding hydrogens is 460 g/mol. The van der Waals surface area contributed by atoms with E-state index in [0.29, 0.717) is 34.0 Å². The Kier molecular flexibility index (Phi) is 7.98. The lowest BCUT2D eigenvalue weighted by Crippen LogP contribution is -2.49. The summed E-state index contributed by atoms with van der Waals surface area (Å²) in [7, 11) is 0. The highest BCUT2D eigenvalue weighted by atomic mass is 16.5. The second-order valence-electron chi connectivity index (χ2n) is 13.2. The molecule has 37 heavy (non-hydrogen) atoms. The van der Waals surface area contributed by atoms with Gasteiger partial charge in [-0.3, -0.25) is 0 Å². The minimum atomic E-state index is -0.461. The Hall–Kier alpha value is -2.69. The lowest BCUT2D eigenvalue weighted by atomic mass is 9.67. The molecule has 2 aromatic carbocycles. The van der Waals surface area contributed by atoms with Crippen molar-refractivity contribution >= 4 is 17.3 Å². The molecular formula is C32H48N2O3. The van der Waals surface area contributed by atoms with Crippen LogP contribution in [0.15, 0.2) is 18.2 Å². The van der Waals surface area contributed by atoms with Gasteiger partial charge in [-0.1, -0.05) is 54.4 Å². The molecule has 5 heteroatoms. The van der Waals surface area contributed by atoms with Gasteiger partial charge in [0.05, 0.1) is 5.56 Å². The van der Waals surface area contributed by atoms with Crippen molar-refractivity contribution in [1.29, 1.82) is 0 Å². The summed E-state index contributed by atoms with van der Waals surface area (Å²) in [5.74, 6) is 1.77. The highest BCUT2D eigenvalue weighted by molar-refractivity contribution is 5.93. The normalized spacial score (nSPS) is 18.6. The minimum Gasteiger partial charge on any atom is -0.486 e. The van der Waals surface area contributed by atoms with E-state index in [2.05, 4.69) is 55.4 Å². The van der Waals surface area contributed by atoms with Crippen LogP contribution in [0, 0.1) is 37.5 Å². The topological polar surface area (TPSA) is 87.6 Å². The van der Waals surface area contributed by atoms with Crippen LogP contribution in [0.2, 0.25) is 0 Å². The summed E-state index contributed by atoms with van der Waals surface area (Å²) in [6, 6.07) is 4.80. The van der Waals surface area contributed by atoms with Crippen LogP contribution in [0.3, 0.4) is 0 Å². The maximum absolute atomic E-state index is 13.0. The number of hydrogen-bond acceptors (Lipinski definition) is 5. The van der Waals surface area contributed by atoms with E-state index >= 15 is 0 Å². The van der Waals surface area contributed by atoms with Crippen LogP contribution < -0.4 is 20.9 Å². The summed E-state index contributed by atoms with van der Waals surface area (Å²) in [6.07, 6.45) is 5.35. The predicted molar refractivity (Wildman–Crippen MR) is 154 cm³/mol. The summed E-state index contributed by atoms with van der Waals surface area (Å²) in [4.78, 5) is 13.0. The van der Waals surface area contributed by atoms with Crippen molar-refractivity contribution in [2.75, 3.05) is 11.5 Å². The molecule has 5 nitrogen and oxygen atoms in total. The zero-order valence-corrected chi connectivity index (χ0v) is 24.7. The molecule has 1 aliphatic rings. The van der Waals surface area contributed by atoms with E-state index < -0.39 is 5.97 Å². The first kappa shape index (κ1) is 28.9. The van der Waals surface area contributed by atoms with Gasteiger partial charge in [-0.2, -0.15) is 0 Å². The number of nitrogen functional groups attached to an aromatic ring is 2. The van der Waals surface area contributed by atoms with E-state index in [1.807, 2.05) is 13.8 Å². The van der Waals surface area contributed by atoms with Crippen LogP contribution in [0.1, 0.15) is 107 Å². The smallest absolute Gasteiger partial charge is 0.343 e. The van der Waals surface area contributed by atoms with Crippen molar-refractivity contribution in [2.45, 2.75) is 107 Å². The SMILES string of the molecule is Cc1c(C)c2c(c(C)c1OC(=O)c1cc(N)cc(N)c1)CCC(C)(C(C)(C)CCCC(C)C(C)(C)C)O2. The van der Waals surface area contributed by atoms with Crippen LogP contribution in [-0.4, -0.2) is 11.6 Å². The third kappa shape index (κ3) is 5.91. The average molecular weight is 509 g/mol. The molecule has 1 aliphatic heterocycles. The first-order valence-corrected chi connectivity index (χ1v) is 13.7. The second-order valence-corrected chi connectivity index (χ2v) is 13.2. The van der Waals surface area contributed by atoms with Gasteiger partial charge in [0, 0.05) is 22.4 Å². The molecule has 0 saturated carbocycles. The maximum Gasteiger partial charge on any atom is 0.343 e. The van der Waals surface area contributed by atoms with Gasteiger partial charge in [0.15, 0.2) is 0 Å². The second kappa shape index (κ2) is 10.2. The Morgan fingerprint density at radius 2 is 1.62 bits per heavy atom. The molecule has 0 fully saturated rings. The van der Waals surface area contributed by atoms with Crippen molar-refractivity contribution in [3.63, 3.8) is 0 Å². The number of rotatable bonds is 7. The number of fused-ring (bicyclic) bond motifs is 1. The molecule has 0 aliphatic carbocycles. The summed E-state index contributed by atoms with van der Waals surface area (Å²) in [5, 5.41) is 0. The van der Waals surface area contributed by atoms with Crippen LogP contribution in [-0.2, 0) is 6.42 Å². The lowest BCUT2D eigenvalue weighted by molar-refractivity contribution is -0.0503. The van der Waals surface area contributed by atoms with Gasteiger partial charge in [0.1, 0.15) is 17.1 Å². The third-order valence-electron chi connectivity index (χ3n) is 9.25. The van der Waals surface area contributed by atoms with Gasteiger partial charge >= 0.3 is 5.97 Å². The van der Waals surface area contributed by atoms with E-state index in [1.165, 1.54) is 12.8 Å². The molecule has 0 bridgehead atoms. The van der Waals surface area contributed by atoms with Crippen LogP contribution >= 0.6 is 0 Å². The van der Waals surface area contributed by atoms with E-state index in [9.17, 15) is 4.79 Å². The van der Waals surface area contributed by atoms with E-state index in [4.69, 9.17) is 20.9 Å². The highest BCUT2D eigenvalue weighted by Gasteiger charge is 2.46. The van der Waals surface area contributed by atoms with Crippen molar-refractivity contribution in [3.05, 3.63) is 46.0 Å². The fraction of sp³-hybridized carbons (Fsp3) is 0.594. The lowest BCUT2D eigenvalue weighted by Gasteiger charge is -2.48. The average Bonchev–Trinajstić information content (AvgIpc) is 2.78. The summed E-state index contributed by atoms with van der Waals surface area (Å²) in [5.41, 5.74) is 17.1. The van der Waals surface area contributed by atoms with Crippen molar-refractivity contribution in [2.24, 2.45) is 16.7 Å². The molecule has 3 rings (SSSR count). The molecule has 0 saturated heterocycles. The molecule has 2 atom stereocenters. The van der Waals surface area contributed by atoms with E-state index in [0.717, 1.165) is 47.3 Å². The quantitative estimate of drug-likeness (QED) is 0.225. The first-order chi connectivity index (χ1) is 17.0. The van der Waals surface area contributed by atoms with E-state index in [-0.39, 0.29) is 11.0 Å². The number of carbonyl (C=O) groups is 1. The zero-order chi connectivity index (χ0) is 27.9. The van der Waals surface area contributed by atoms with Gasteiger partial charge in [0.2, 0.25) is 0 Å². The summed E-state index contributed by atoms with van der Waals surface area (Å²) < 4.78 is 12.8. The largest absolute Gasteiger partial charge is 0.486 e. The molecule has 0 radical (unpaired) electrons. The minimum absolute atomic E-state index is 0.0227. The summed E-state index contributed by atoms with van der Waals surface area (Å²) in [6.45, 7) is 22.4. The Morgan fingerprint density at radius 3 is 2.19 bits per heavy atom.